The molecule has 1 atom stereocenters. The summed E-state index contributed by atoms with van der Waals surface area (Å²) < 4.78 is 11.4. The van der Waals surface area contributed by atoms with Crippen LogP contribution in [0.1, 0.15) is 41.3 Å². The molecular formula is C24H28ClN3O3. The largest absolute Gasteiger partial charge is 0.423 e. The summed E-state index contributed by atoms with van der Waals surface area (Å²) in [7, 11) is 0. The number of anilines is 1. The molecule has 0 saturated carbocycles. The molecule has 7 heteroatoms. The van der Waals surface area contributed by atoms with Gasteiger partial charge in [-0.15, -0.1) is 0 Å². The Kier molecular flexibility index (Phi) is 6.78. The molecule has 4 rings (SSSR count). The van der Waals surface area contributed by atoms with Crippen LogP contribution in [0, 0.1) is 12.8 Å². The second-order valence-corrected chi connectivity index (χ2v) is 8.56. The van der Waals surface area contributed by atoms with Crippen LogP contribution in [-0.2, 0) is 11.3 Å². The highest BCUT2D eigenvalue weighted by Gasteiger charge is 2.24. The van der Waals surface area contributed by atoms with Crippen LogP contribution >= 0.6 is 11.6 Å². The van der Waals surface area contributed by atoms with Gasteiger partial charge in [0.15, 0.2) is 5.58 Å². The second-order valence-electron chi connectivity index (χ2n) is 8.12. The van der Waals surface area contributed by atoms with Crippen molar-refractivity contribution < 1.29 is 13.9 Å². The topological polar surface area (TPSA) is 67.6 Å². The van der Waals surface area contributed by atoms with E-state index in [1.54, 1.807) is 0 Å². The molecule has 0 spiro atoms. The van der Waals surface area contributed by atoms with Gasteiger partial charge in [-0.1, -0.05) is 30.7 Å². The monoisotopic (exact) mass is 441 g/mol. The van der Waals surface area contributed by atoms with Gasteiger partial charge in [0.05, 0.1) is 6.61 Å². The van der Waals surface area contributed by atoms with Gasteiger partial charge in [-0.2, -0.15) is 4.98 Å². The van der Waals surface area contributed by atoms with Crippen molar-refractivity contribution in [1.82, 2.24) is 9.88 Å². The zero-order valence-electron chi connectivity index (χ0n) is 18.0. The number of benzene rings is 2. The van der Waals surface area contributed by atoms with Crippen LogP contribution in [0.25, 0.3) is 11.1 Å². The van der Waals surface area contributed by atoms with E-state index in [0.29, 0.717) is 40.2 Å². The van der Waals surface area contributed by atoms with Gasteiger partial charge in [0, 0.05) is 42.7 Å². The van der Waals surface area contributed by atoms with Crippen molar-refractivity contribution >= 4 is 34.6 Å². The summed E-state index contributed by atoms with van der Waals surface area (Å²) in [5.41, 5.74) is 3.94. The number of halogens is 1. The van der Waals surface area contributed by atoms with E-state index in [0.717, 1.165) is 50.3 Å². The fraction of sp³-hybridized carbons (Fsp3) is 0.417. The fourth-order valence-electron chi connectivity index (χ4n) is 3.99. The number of hydrogen-bond donors (Lipinski definition) is 1. The molecule has 0 radical (unpaired) electrons. The van der Waals surface area contributed by atoms with E-state index in [-0.39, 0.29) is 5.91 Å². The minimum atomic E-state index is 0.0372. The number of nitrogens with one attached hydrogen (secondary N) is 1. The van der Waals surface area contributed by atoms with Crippen LogP contribution in [0.15, 0.2) is 40.8 Å². The van der Waals surface area contributed by atoms with Crippen LogP contribution < -0.4 is 5.32 Å². The number of nitrogens with zero attached hydrogens (tertiary/aromatic N) is 2. The number of rotatable bonds is 8. The zero-order valence-corrected chi connectivity index (χ0v) is 18.7. The minimum Gasteiger partial charge on any atom is -0.423 e. The molecule has 6 nitrogen and oxygen atoms in total. The molecule has 3 aromatic rings. The Morgan fingerprint density at radius 1 is 1.32 bits per heavy atom. The maximum atomic E-state index is 13.3. The highest BCUT2D eigenvalue weighted by molar-refractivity contribution is 6.30. The lowest BCUT2D eigenvalue weighted by atomic mass is 10.1. The van der Waals surface area contributed by atoms with Gasteiger partial charge in [0.25, 0.3) is 11.9 Å². The van der Waals surface area contributed by atoms with Gasteiger partial charge in [0.2, 0.25) is 0 Å². The first-order chi connectivity index (χ1) is 15.0. The van der Waals surface area contributed by atoms with E-state index in [2.05, 4.69) is 17.2 Å². The quantitative estimate of drug-likeness (QED) is 0.514. The third-order valence-electron chi connectivity index (χ3n) is 5.54. The van der Waals surface area contributed by atoms with E-state index in [1.165, 1.54) is 0 Å². The fourth-order valence-corrected chi connectivity index (χ4v) is 4.20. The Hall–Kier alpha value is -2.57. The first kappa shape index (κ1) is 21.7. The molecule has 0 aliphatic carbocycles. The predicted molar refractivity (Wildman–Crippen MR) is 123 cm³/mol. The smallest absolute Gasteiger partial charge is 0.295 e. The molecule has 1 aliphatic rings. The number of amides is 1. The second kappa shape index (κ2) is 9.71. The van der Waals surface area contributed by atoms with E-state index in [1.807, 2.05) is 48.2 Å². The van der Waals surface area contributed by atoms with E-state index >= 15 is 0 Å². The lowest BCUT2D eigenvalue weighted by Crippen LogP contribution is -2.36. The number of hydrogen-bond acceptors (Lipinski definition) is 5. The lowest BCUT2D eigenvalue weighted by Gasteiger charge is -2.25. The van der Waals surface area contributed by atoms with Gasteiger partial charge in [0.1, 0.15) is 5.52 Å². The van der Waals surface area contributed by atoms with Crippen molar-refractivity contribution in [2.45, 2.75) is 33.2 Å². The molecular weight excluding hydrogens is 414 g/mol. The van der Waals surface area contributed by atoms with Crippen molar-refractivity contribution in [1.29, 1.82) is 0 Å². The summed E-state index contributed by atoms with van der Waals surface area (Å²) in [6.07, 6.45) is 1.93. The molecule has 1 aromatic heterocycles. The van der Waals surface area contributed by atoms with Crippen LogP contribution in [-0.4, -0.2) is 42.1 Å². The van der Waals surface area contributed by atoms with Gasteiger partial charge in [-0.3, -0.25) is 4.79 Å². The Bertz CT molecular complexity index is 1060. The first-order valence-corrected chi connectivity index (χ1v) is 11.2. The predicted octanol–water partition coefficient (Wildman–Crippen LogP) is 5.29. The van der Waals surface area contributed by atoms with Crippen molar-refractivity contribution in [2.75, 3.05) is 31.6 Å². The molecule has 31 heavy (non-hydrogen) atoms. The number of carbonyl (C=O) groups excluding carboxylic acids is 1. The average molecular weight is 442 g/mol. The SMILES string of the molecule is CCCN(CC1CCOC1)C(=O)c1cc(C)c2oc(NCc3cccc(Cl)c3)nc2c1. The van der Waals surface area contributed by atoms with E-state index < -0.39 is 0 Å². The minimum absolute atomic E-state index is 0.0372. The molecule has 0 bridgehead atoms. The van der Waals surface area contributed by atoms with Crippen LogP contribution in [0.4, 0.5) is 6.01 Å². The highest BCUT2D eigenvalue weighted by atomic mass is 35.5. The maximum absolute atomic E-state index is 13.3. The Morgan fingerprint density at radius 2 is 2.19 bits per heavy atom. The number of fused-ring (bicyclic) bond motifs is 1. The molecule has 1 amide bonds. The van der Waals surface area contributed by atoms with Crippen molar-refractivity contribution in [3.05, 3.63) is 58.1 Å². The van der Waals surface area contributed by atoms with E-state index in [9.17, 15) is 4.79 Å². The van der Waals surface area contributed by atoms with Gasteiger partial charge >= 0.3 is 0 Å². The molecule has 2 aromatic carbocycles. The number of aryl methyl sites for hydroxylation is 1. The normalized spacial score (nSPS) is 16.0. The van der Waals surface area contributed by atoms with Gasteiger partial charge < -0.3 is 19.4 Å². The standard InChI is InChI=1S/C24H28ClN3O3/c1-3-8-28(14-18-7-9-30-15-18)23(29)19-10-16(2)22-21(12-19)27-24(31-22)26-13-17-5-4-6-20(25)11-17/h4-6,10-12,18H,3,7-9,13-15H2,1-2H3,(H,26,27). The summed E-state index contributed by atoms with van der Waals surface area (Å²) in [4.78, 5) is 19.8. The van der Waals surface area contributed by atoms with Crippen molar-refractivity contribution in [3.63, 3.8) is 0 Å². The van der Waals surface area contributed by atoms with Gasteiger partial charge in [-0.25, -0.2) is 0 Å². The highest BCUT2D eigenvalue weighted by Crippen LogP contribution is 2.26. The van der Waals surface area contributed by atoms with Crippen molar-refractivity contribution in [2.24, 2.45) is 5.92 Å². The van der Waals surface area contributed by atoms with Crippen LogP contribution in [0.3, 0.4) is 0 Å². The summed E-state index contributed by atoms with van der Waals surface area (Å²) >= 11 is 6.05. The molecule has 1 N–H and O–H groups in total. The first-order valence-electron chi connectivity index (χ1n) is 10.8. The summed E-state index contributed by atoms with van der Waals surface area (Å²) in [6, 6.07) is 11.8. The Morgan fingerprint density at radius 3 is 2.94 bits per heavy atom. The third kappa shape index (κ3) is 5.20. The number of oxazole rings is 1. The molecule has 1 saturated heterocycles. The maximum Gasteiger partial charge on any atom is 0.295 e. The lowest BCUT2D eigenvalue weighted by molar-refractivity contribution is 0.0720. The van der Waals surface area contributed by atoms with Crippen LogP contribution in [0.5, 0.6) is 0 Å². The molecule has 164 valence electrons. The number of ether oxygens (including phenoxy) is 1. The summed E-state index contributed by atoms with van der Waals surface area (Å²) in [5.74, 6) is 0.449. The molecule has 1 fully saturated rings. The number of aromatic nitrogens is 1. The third-order valence-corrected chi connectivity index (χ3v) is 5.77. The average Bonchev–Trinajstić information content (AvgIpc) is 3.41. The Balaban J connectivity index is 1.52. The molecule has 2 heterocycles. The number of carbonyl (C=O) groups is 1. The molecule has 1 unspecified atom stereocenters. The summed E-state index contributed by atoms with van der Waals surface area (Å²) in [6.45, 7) is 7.57. The van der Waals surface area contributed by atoms with Crippen LogP contribution in [0.2, 0.25) is 5.02 Å². The zero-order chi connectivity index (χ0) is 21.8. The Labute approximate surface area is 187 Å². The summed E-state index contributed by atoms with van der Waals surface area (Å²) in [5, 5.41) is 3.89. The molecule has 1 aliphatic heterocycles. The van der Waals surface area contributed by atoms with Crippen molar-refractivity contribution in [3.8, 4) is 0 Å². The van der Waals surface area contributed by atoms with Gasteiger partial charge in [-0.05, 0) is 55.2 Å². The van der Waals surface area contributed by atoms with E-state index in [4.69, 9.17) is 20.8 Å².